The monoisotopic (exact) mass is 254 g/mol. The molecule has 3 unspecified atom stereocenters. The van der Waals surface area contributed by atoms with E-state index in [2.05, 4.69) is 43.1 Å². The number of benzene rings is 1. The van der Waals surface area contributed by atoms with Crippen molar-refractivity contribution in [3.05, 3.63) is 42.1 Å². The number of pyridine rings is 1. The molecular formula is C17H22N2. The van der Waals surface area contributed by atoms with E-state index in [9.17, 15) is 0 Å². The van der Waals surface area contributed by atoms with Crippen molar-refractivity contribution in [2.45, 2.75) is 38.6 Å². The van der Waals surface area contributed by atoms with Crippen LogP contribution < -0.4 is 5.73 Å². The number of aromatic nitrogens is 1. The van der Waals surface area contributed by atoms with Crippen LogP contribution in [0.2, 0.25) is 0 Å². The lowest BCUT2D eigenvalue weighted by Crippen LogP contribution is -2.47. The molecule has 2 N–H and O–H groups in total. The topological polar surface area (TPSA) is 38.9 Å². The van der Waals surface area contributed by atoms with Crippen molar-refractivity contribution in [2.24, 2.45) is 17.6 Å². The largest absolute Gasteiger partial charge is 0.321 e. The van der Waals surface area contributed by atoms with Gasteiger partial charge in [-0.1, -0.05) is 38.5 Å². The summed E-state index contributed by atoms with van der Waals surface area (Å²) in [5.74, 6) is 1.24. The van der Waals surface area contributed by atoms with Crippen molar-refractivity contribution in [3.63, 3.8) is 0 Å². The van der Waals surface area contributed by atoms with Crippen LogP contribution in [-0.4, -0.2) is 4.98 Å². The minimum absolute atomic E-state index is 0.191. The fourth-order valence-corrected chi connectivity index (χ4v) is 3.43. The fraction of sp³-hybridized carbons (Fsp3) is 0.471. The molecule has 19 heavy (non-hydrogen) atoms. The Morgan fingerprint density at radius 2 is 2.05 bits per heavy atom. The predicted octanol–water partition coefficient (Wildman–Crippen LogP) is 3.84. The van der Waals surface area contributed by atoms with Crippen molar-refractivity contribution in [1.29, 1.82) is 0 Å². The average molecular weight is 254 g/mol. The molecular weight excluding hydrogens is 232 g/mol. The average Bonchev–Trinajstić information content (AvgIpc) is 2.43. The van der Waals surface area contributed by atoms with E-state index in [4.69, 9.17) is 5.73 Å². The van der Waals surface area contributed by atoms with E-state index in [-0.39, 0.29) is 5.54 Å². The summed E-state index contributed by atoms with van der Waals surface area (Å²) < 4.78 is 0. The SMILES string of the molecule is CC1CCC(C)C(N)(c2ccc3cccnc3c2)C1. The third-order valence-electron chi connectivity index (χ3n) is 4.80. The van der Waals surface area contributed by atoms with Gasteiger partial charge in [-0.25, -0.2) is 0 Å². The van der Waals surface area contributed by atoms with Crippen LogP contribution in [0.3, 0.4) is 0 Å². The first kappa shape index (κ1) is 12.6. The highest BCUT2D eigenvalue weighted by Gasteiger charge is 2.38. The lowest BCUT2D eigenvalue weighted by atomic mass is 9.67. The van der Waals surface area contributed by atoms with Crippen LogP contribution in [0, 0.1) is 11.8 Å². The number of hydrogen-bond acceptors (Lipinski definition) is 2. The molecule has 0 spiro atoms. The Labute approximate surface area is 115 Å². The second-order valence-corrected chi connectivity index (χ2v) is 6.24. The van der Waals surface area contributed by atoms with Crippen molar-refractivity contribution >= 4 is 10.9 Å². The molecule has 1 aliphatic carbocycles. The molecule has 100 valence electrons. The smallest absolute Gasteiger partial charge is 0.0705 e. The lowest BCUT2D eigenvalue weighted by molar-refractivity contribution is 0.162. The molecule has 2 nitrogen and oxygen atoms in total. The molecule has 1 fully saturated rings. The quantitative estimate of drug-likeness (QED) is 0.839. The van der Waals surface area contributed by atoms with Gasteiger partial charge in [0, 0.05) is 17.1 Å². The van der Waals surface area contributed by atoms with Crippen LogP contribution >= 0.6 is 0 Å². The van der Waals surface area contributed by atoms with Crippen molar-refractivity contribution in [3.8, 4) is 0 Å². The molecule has 0 amide bonds. The summed E-state index contributed by atoms with van der Waals surface area (Å²) in [6.45, 7) is 4.60. The zero-order valence-corrected chi connectivity index (χ0v) is 11.8. The fourth-order valence-electron chi connectivity index (χ4n) is 3.43. The minimum atomic E-state index is -0.191. The van der Waals surface area contributed by atoms with E-state index < -0.39 is 0 Å². The van der Waals surface area contributed by atoms with Crippen molar-refractivity contribution in [2.75, 3.05) is 0 Å². The standard InChI is InChI=1S/C17H22N2/c1-12-5-6-13(2)17(18,11-12)15-8-7-14-4-3-9-19-16(14)10-15/h3-4,7-10,12-13H,5-6,11,18H2,1-2H3. The Kier molecular flexibility index (Phi) is 3.06. The Balaban J connectivity index is 2.06. The molecule has 3 atom stereocenters. The van der Waals surface area contributed by atoms with E-state index in [1.807, 2.05) is 12.3 Å². The third kappa shape index (κ3) is 2.14. The van der Waals surface area contributed by atoms with Crippen LogP contribution in [0.4, 0.5) is 0 Å². The van der Waals surface area contributed by atoms with Gasteiger partial charge >= 0.3 is 0 Å². The first-order chi connectivity index (χ1) is 9.09. The highest BCUT2D eigenvalue weighted by molar-refractivity contribution is 5.79. The maximum absolute atomic E-state index is 6.78. The minimum Gasteiger partial charge on any atom is -0.321 e. The van der Waals surface area contributed by atoms with Crippen LogP contribution in [0.5, 0.6) is 0 Å². The van der Waals surface area contributed by atoms with Gasteiger partial charge in [-0.15, -0.1) is 0 Å². The number of hydrogen-bond donors (Lipinski definition) is 1. The van der Waals surface area contributed by atoms with Crippen LogP contribution in [0.15, 0.2) is 36.5 Å². The van der Waals surface area contributed by atoms with Gasteiger partial charge in [0.15, 0.2) is 0 Å². The zero-order valence-electron chi connectivity index (χ0n) is 11.8. The lowest BCUT2D eigenvalue weighted by Gasteiger charge is -2.42. The number of nitrogens with zero attached hydrogens (tertiary/aromatic N) is 1. The van der Waals surface area contributed by atoms with Gasteiger partial charge in [-0.05, 0) is 42.4 Å². The van der Waals surface area contributed by atoms with Gasteiger partial charge in [-0.3, -0.25) is 4.98 Å². The van der Waals surface area contributed by atoms with Crippen LogP contribution in [0.25, 0.3) is 10.9 Å². The highest BCUT2D eigenvalue weighted by atomic mass is 14.8. The van der Waals surface area contributed by atoms with Gasteiger partial charge in [0.05, 0.1) is 5.52 Å². The van der Waals surface area contributed by atoms with Crippen LogP contribution in [0.1, 0.15) is 38.7 Å². The molecule has 2 aromatic rings. The first-order valence-electron chi connectivity index (χ1n) is 7.24. The second kappa shape index (κ2) is 4.61. The molecule has 1 heterocycles. The second-order valence-electron chi connectivity index (χ2n) is 6.24. The van der Waals surface area contributed by atoms with E-state index in [0.29, 0.717) is 11.8 Å². The van der Waals surface area contributed by atoms with Gasteiger partial charge in [0.2, 0.25) is 0 Å². The Morgan fingerprint density at radius 1 is 1.21 bits per heavy atom. The summed E-state index contributed by atoms with van der Waals surface area (Å²) in [7, 11) is 0. The number of nitrogens with two attached hydrogens (primary N) is 1. The summed E-state index contributed by atoms with van der Waals surface area (Å²) in [6.07, 6.45) is 5.44. The third-order valence-corrected chi connectivity index (χ3v) is 4.80. The Bertz CT molecular complexity index is 593. The Morgan fingerprint density at radius 3 is 2.89 bits per heavy atom. The summed E-state index contributed by atoms with van der Waals surface area (Å²) in [5.41, 5.74) is 8.89. The zero-order chi connectivity index (χ0) is 13.5. The molecule has 0 radical (unpaired) electrons. The van der Waals surface area contributed by atoms with Gasteiger partial charge in [0.25, 0.3) is 0 Å². The maximum atomic E-state index is 6.78. The van der Waals surface area contributed by atoms with E-state index in [1.54, 1.807) is 0 Å². The van der Waals surface area contributed by atoms with Gasteiger partial charge < -0.3 is 5.73 Å². The molecule has 0 bridgehead atoms. The normalized spacial score (nSPS) is 31.5. The summed E-state index contributed by atoms with van der Waals surface area (Å²) in [6, 6.07) is 10.6. The highest BCUT2D eigenvalue weighted by Crippen LogP contribution is 2.42. The maximum Gasteiger partial charge on any atom is 0.0705 e. The molecule has 2 heteroatoms. The summed E-state index contributed by atoms with van der Waals surface area (Å²) >= 11 is 0. The summed E-state index contributed by atoms with van der Waals surface area (Å²) in [5, 5.41) is 1.19. The number of rotatable bonds is 1. The molecule has 1 aromatic carbocycles. The molecule has 0 aliphatic heterocycles. The van der Waals surface area contributed by atoms with Crippen molar-refractivity contribution in [1.82, 2.24) is 4.98 Å². The number of fused-ring (bicyclic) bond motifs is 1. The van der Waals surface area contributed by atoms with Gasteiger partial charge in [-0.2, -0.15) is 0 Å². The molecule has 1 aromatic heterocycles. The van der Waals surface area contributed by atoms with Gasteiger partial charge in [0.1, 0.15) is 0 Å². The van der Waals surface area contributed by atoms with Crippen LogP contribution in [-0.2, 0) is 5.54 Å². The first-order valence-corrected chi connectivity index (χ1v) is 7.24. The van der Waals surface area contributed by atoms with E-state index in [1.165, 1.54) is 23.8 Å². The summed E-state index contributed by atoms with van der Waals surface area (Å²) in [4.78, 5) is 4.46. The van der Waals surface area contributed by atoms with Crippen molar-refractivity contribution < 1.29 is 0 Å². The predicted molar refractivity (Wildman–Crippen MR) is 79.8 cm³/mol. The van der Waals surface area contributed by atoms with E-state index in [0.717, 1.165) is 11.9 Å². The van der Waals surface area contributed by atoms with E-state index >= 15 is 0 Å². The molecule has 1 aliphatic rings. The molecule has 3 rings (SSSR count). The molecule has 1 saturated carbocycles. The Hall–Kier alpha value is -1.41. The molecule has 0 saturated heterocycles.